The normalized spacial score (nSPS) is 18.1. The van der Waals surface area contributed by atoms with Gasteiger partial charge in [-0.15, -0.1) is 0 Å². The van der Waals surface area contributed by atoms with Crippen LogP contribution in [-0.2, 0) is 9.47 Å². The van der Waals surface area contributed by atoms with Crippen molar-refractivity contribution in [2.75, 3.05) is 44.8 Å². The summed E-state index contributed by atoms with van der Waals surface area (Å²) < 4.78 is 11.3. The van der Waals surface area contributed by atoms with Crippen molar-refractivity contribution in [1.29, 1.82) is 0 Å². The van der Waals surface area contributed by atoms with Crippen LogP contribution >= 0.6 is 12.2 Å². The van der Waals surface area contributed by atoms with E-state index < -0.39 is 0 Å². The summed E-state index contributed by atoms with van der Waals surface area (Å²) in [4.78, 5) is 12.1. The molecule has 1 aromatic heterocycles. The summed E-state index contributed by atoms with van der Waals surface area (Å²) in [6.07, 6.45) is 6.38. The van der Waals surface area contributed by atoms with E-state index in [1.54, 1.807) is 0 Å². The summed E-state index contributed by atoms with van der Waals surface area (Å²) in [6.45, 7) is 5.08. The second-order valence-electron chi connectivity index (χ2n) is 6.53. The summed E-state index contributed by atoms with van der Waals surface area (Å²) in [5.74, 6) is 1.42. The highest BCUT2D eigenvalue weighted by Crippen LogP contribution is 2.19. The van der Waals surface area contributed by atoms with Crippen molar-refractivity contribution in [3.05, 3.63) is 54.1 Å². The molecule has 0 atom stereocenters. The van der Waals surface area contributed by atoms with Gasteiger partial charge in [-0.1, -0.05) is 30.4 Å². The van der Waals surface area contributed by atoms with Crippen molar-refractivity contribution < 1.29 is 9.47 Å². The van der Waals surface area contributed by atoms with Crippen LogP contribution in [0.4, 0.5) is 5.95 Å². The first kappa shape index (κ1) is 18.0. The van der Waals surface area contributed by atoms with E-state index in [9.17, 15) is 0 Å². The van der Waals surface area contributed by atoms with Gasteiger partial charge in [0.2, 0.25) is 5.95 Å². The molecule has 2 aliphatic rings. The van der Waals surface area contributed by atoms with Gasteiger partial charge in [0.05, 0.1) is 18.7 Å². The van der Waals surface area contributed by atoms with Gasteiger partial charge in [-0.3, -0.25) is 4.90 Å². The molecule has 0 unspecified atom stereocenters. The lowest BCUT2D eigenvalue weighted by atomic mass is 10.1. The number of para-hydroxylation sites is 1. The van der Waals surface area contributed by atoms with Crippen LogP contribution in [0, 0.1) is 0 Å². The first-order chi connectivity index (χ1) is 13.3. The van der Waals surface area contributed by atoms with Crippen LogP contribution in [0.15, 0.2) is 54.1 Å². The molecular weight excluding hydrogens is 360 g/mol. The minimum Gasteiger partial charge on any atom is -0.496 e. The number of morpholine rings is 1. The number of ether oxygens (including phenoxy) is 2. The number of fused-ring (bicyclic) bond motifs is 1. The molecular formula is C20H22N4O2S. The largest absolute Gasteiger partial charge is 0.496 e. The molecule has 7 heteroatoms. The Bertz CT molecular complexity index is 890. The predicted octanol–water partition coefficient (Wildman–Crippen LogP) is 2.93. The number of anilines is 1. The lowest BCUT2D eigenvalue weighted by molar-refractivity contribution is 0.0274. The number of nitrogens with zero attached hydrogens (tertiary/aromatic N) is 3. The highest BCUT2D eigenvalue weighted by molar-refractivity contribution is 7.80. The van der Waals surface area contributed by atoms with Crippen LogP contribution in [0.2, 0.25) is 0 Å². The summed E-state index contributed by atoms with van der Waals surface area (Å²) in [7, 11) is 0. The molecule has 1 aliphatic carbocycles. The van der Waals surface area contributed by atoms with E-state index in [-0.39, 0.29) is 0 Å². The average Bonchev–Trinajstić information content (AvgIpc) is 2.68. The van der Waals surface area contributed by atoms with Crippen molar-refractivity contribution in [3.8, 4) is 0 Å². The second-order valence-corrected chi connectivity index (χ2v) is 7.06. The topological polar surface area (TPSA) is 59.5 Å². The zero-order valence-corrected chi connectivity index (χ0v) is 15.9. The zero-order valence-electron chi connectivity index (χ0n) is 15.1. The van der Waals surface area contributed by atoms with Gasteiger partial charge in [-0.25, -0.2) is 9.97 Å². The molecule has 4 rings (SSSR count). The van der Waals surface area contributed by atoms with Gasteiger partial charge in [0.1, 0.15) is 12.4 Å². The number of allylic oxidation sites excluding steroid dienone is 3. The maximum absolute atomic E-state index is 5.96. The maximum Gasteiger partial charge on any atom is 0.227 e. The van der Waals surface area contributed by atoms with Crippen LogP contribution in [0.3, 0.4) is 0 Å². The van der Waals surface area contributed by atoms with Crippen molar-refractivity contribution >= 4 is 33.9 Å². The number of hydrogen-bond acceptors (Lipinski definition) is 7. The summed E-state index contributed by atoms with van der Waals surface area (Å²) in [6, 6.07) is 7.91. The fourth-order valence-corrected chi connectivity index (χ4v) is 3.39. The summed E-state index contributed by atoms with van der Waals surface area (Å²) in [5, 5.41) is 4.25. The Morgan fingerprint density at radius 1 is 1.19 bits per heavy atom. The number of aromatic nitrogens is 2. The molecule has 1 saturated heterocycles. The Labute approximate surface area is 163 Å². The third-order valence-corrected chi connectivity index (χ3v) is 4.79. The SMILES string of the molecule is S=C1C=C(Nc2ncc3ccccc3n2)C=C(OCCN2CCOCC2)C1. The number of rotatable bonds is 6. The van der Waals surface area contributed by atoms with E-state index in [0.29, 0.717) is 19.0 Å². The summed E-state index contributed by atoms with van der Waals surface area (Å²) in [5.41, 5.74) is 1.75. The van der Waals surface area contributed by atoms with Crippen LogP contribution in [0.1, 0.15) is 6.42 Å². The van der Waals surface area contributed by atoms with Crippen LogP contribution in [-0.4, -0.2) is 59.2 Å². The molecule has 1 N–H and O–H groups in total. The van der Waals surface area contributed by atoms with E-state index in [1.165, 1.54) is 0 Å². The molecule has 140 valence electrons. The molecule has 0 spiro atoms. The van der Waals surface area contributed by atoms with Crippen LogP contribution in [0.25, 0.3) is 10.9 Å². The monoisotopic (exact) mass is 382 g/mol. The number of benzene rings is 1. The van der Waals surface area contributed by atoms with E-state index in [4.69, 9.17) is 21.7 Å². The quantitative estimate of drug-likeness (QED) is 0.771. The molecule has 0 saturated carbocycles. The molecule has 0 amide bonds. The zero-order chi connectivity index (χ0) is 18.5. The Hall–Kier alpha value is -2.35. The first-order valence-electron chi connectivity index (χ1n) is 9.13. The molecule has 1 aromatic carbocycles. The Morgan fingerprint density at radius 2 is 2.04 bits per heavy atom. The minimum atomic E-state index is 0.550. The first-order valence-corrected chi connectivity index (χ1v) is 9.54. The number of hydrogen-bond donors (Lipinski definition) is 1. The predicted molar refractivity (Wildman–Crippen MR) is 110 cm³/mol. The molecule has 2 heterocycles. The number of nitrogens with one attached hydrogen (secondary N) is 1. The smallest absolute Gasteiger partial charge is 0.227 e. The van der Waals surface area contributed by atoms with Crippen LogP contribution < -0.4 is 5.32 Å². The highest BCUT2D eigenvalue weighted by atomic mass is 32.1. The van der Waals surface area contributed by atoms with Gasteiger partial charge < -0.3 is 14.8 Å². The minimum absolute atomic E-state index is 0.550. The fraction of sp³-hybridized carbons (Fsp3) is 0.350. The third kappa shape index (κ3) is 4.88. The fourth-order valence-electron chi connectivity index (χ4n) is 3.12. The molecule has 1 fully saturated rings. The van der Waals surface area contributed by atoms with Gasteiger partial charge in [-0.05, 0) is 18.2 Å². The van der Waals surface area contributed by atoms with Gasteiger partial charge in [0.15, 0.2) is 0 Å². The Kier molecular flexibility index (Phi) is 5.72. The van der Waals surface area contributed by atoms with E-state index >= 15 is 0 Å². The van der Waals surface area contributed by atoms with E-state index in [1.807, 2.05) is 42.6 Å². The van der Waals surface area contributed by atoms with E-state index in [0.717, 1.165) is 60.1 Å². The van der Waals surface area contributed by atoms with Gasteiger partial charge in [-0.2, -0.15) is 0 Å². The van der Waals surface area contributed by atoms with Gasteiger partial charge in [0, 0.05) is 48.2 Å². The number of thiocarbonyl (C=S) groups is 1. The average molecular weight is 382 g/mol. The lowest BCUT2D eigenvalue weighted by Crippen LogP contribution is -2.38. The van der Waals surface area contributed by atoms with Crippen molar-refractivity contribution in [3.63, 3.8) is 0 Å². The Balaban J connectivity index is 1.38. The second kappa shape index (κ2) is 8.56. The summed E-state index contributed by atoms with van der Waals surface area (Å²) >= 11 is 5.42. The maximum atomic E-state index is 5.96. The van der Waals surface area contributed by atoms with Crippen molar-refractivity contribution in [1.82, 2.24) is 14.9 Å². The Morgan fingerprint density at radius 3 is 2.93 bits per heavy atom. The molecule has 1 aliphatic heterocycles. The van der Waals surface area contributed by atoms with Crippen LogP contribution in [0.5, 0.6) is 0 Å². The van der Waals surface area contributed by atoms with Gasteiger partial charge in [0.25, 0.3) is 0 Å². The highest BCUT2D eigenvalue weighted by Gasteiger charge is 2.14. The third-order valence-electron chi connectivity index (χ3n) is 4.53. The van der Waals surface area contributed by atoms with Gasteiger partial charge >= 0.3 is 0 Å². The molecule has 27 heavy (non-hydrogen) atoms. The molecule has 6 nitrogen and oxygen atoms in total. The standard InChI is InChI=1S/C20H22N4O2S/c27-18-12-16(22-20-21-14-15-3-1-2-4-19(15)23-20)11-17(13-18)26-10-7-24-5-8-25-9-6-24/h1-4,11-12,14H,5-10,13H2,(H,21,22,23). The van der Waals surface area contributed by atoms with Crippen molar-refractivity contribution in [2.45, 2.75) is 6.42 Å². The van der Waals surface area contributed by atoms with Crippen molar-refractivity contribution in [2.24, 2.45) is 0 Å². The molecule has 0 radical (unpaired) electrons. The van der Waals surface area contributed by atoms with E-state index in [2.05, 4.69) is 20.2 Å². The molecule has 2 aromatic rings. The lowest BCUT2D eigenvalue weighted by Gasteiger charge is -2.26. The molecule has 0 bridgehead atoms.